The highest BCUT2D eigenvalue weighted by atomic mass is 35.5. The molecule has 0 radical (unpaired) electrons. The zero-order valence-electron chi connectivity index (χ0n) is 27.6. The molecule has 0 spiro atoms. The van der Waals surface area contributed by atoms with Gasteiger partial charge >= 0.3 is 6.18 Å². The van der Waals surface area contributed by atoms with E-state index in [1.165, 1.54) is 18.2 Å². The molecule has 0 unspecified atom stereocenters. The highest BCUT2D eigenvalue weighted by Gasteiger charge is 2.46. The van der Waals surface area contributed by atoms with Crippen molar-refractivity contribution in [3.8, 4) is 11.3 Å². The lowest BCUT2D eigenvalue weighted by Crippen LogP contribution is -2.48. The largest absolute Gasteiger partial charge is 0.416 e. The van der Waals surface area contributed by atoms with Crippen LogP contribution in [0.4, 0.5) is 13.2 Å². The molecule has 8 nitrogen and oxygen atoms in total. The molecule has 1 amide bonds. The number of hydrogen-bond acceptors (Lipinski definition) is 7. The summed E-state index contributed by atoms with van der Waals surface area (Å²) in [4.78, 5) is 24.1. The fourth-order valence-corrected chi connectivity index (χ4v) is 8.66. The Labute approximate surface area is 294 Å². The number of halogens is 4. The molecule has 3 aliphatic rings. The number of ether oxygens (including phenoxy) is 1. The predicted octanol–water partition coefficient (Wildman–Crippen LogP) is 6.69. The van der Waals surface area contributed by atoms with E-state index >= 15 is 0 Å². The quantitative estimate of drug-likeness (QED) is 0.216. The number of benzene rings is 3. The van der Waals surface area contributed by atoms with Crippen molar-refractivity contribution in [2.24, 2.45) is 0 Å². The molecule has 3 aromatic carbocycles. The van der Waals surface area contributed by atoms with E-state index in [-0.39, 0.29) is 44.2 Å². The van der Waals surface area contributed by atoms with Crippen molar-refractivity contribution in [1.82, 2.24) is 20.1 Å². The number of amides is 1. The Morgan fingerprint density at radius 1 is 1.00 bits per heavy atom. The maximum absolute atomic E-state index is 14.7. The molecule has 1 aromatic heterocycles. The van der Waals surface area contributed by atoms with Crippen molar-refractivity contribution in [3.05, 3.63) is 94.0 Å². The molecule has 7 rings (SSSR count). The van der Waals surface area contributed by atoms with Crippen LogP contribution in [0.1, 0.15) is 52.7 Å². The normalized spacial score (nSPS) is 19.1. The van der Waals surface area contributed by atoms with E-state index < -0.39 is 33.0 Å². The first-order valence-electron chi connectivity index (χ1n) is 16.8. The van der Waals surface area contributed by atoms with Crippen LogP contribution in [0.3, 0.4) is 0 Å². The molecule has 3 fully saturated rings. The van der Waals surface area contributed by atoms with E-state index in [4.69, 9.17) is 21.3 Å². The van der Waals surface area contributed by atoms with Gasteiger partial charge in [0, 0.05) is 48.4 Å². The maximum atomic E-state index is 14.7. The van der Waals surface area contributed by atoms with Crippen molar-refractivity contribution in [3.63, 3.8) is 0 Å². The molecular formula is C37H38ClF3N4O4S. The smallest absolute Gasteiger partial charge is 0.379 e. The minimum absolute atomic E-state index is 0.0882. The van der Waals surface area contributed by atoms with E-state index in [0.29, 0.717) is 50.8 Å². The first-order chi connectivity index (χ1) is 23.8. The van der Waals surface area contributed by atoms with Crippen molar-refractivity contribution in [2.75, 3.05) is 45.6 Å². The molecule has 4 aromatic rings. The Balaban J connectivity index is 1.38. The van der Waals surface area contributed by atoms with Crippen molar-refractivity contribution < 1.29 is 31.1 Å². The molecule has 1 N–H and O–H groups in total. The van der Waals surface area contributed by atoms with Crippen LogP contribution in [-0.4, -0.2) is 80.8 Å². The van der Waals surface area contributed by atoms with Crippen LogP contribution in [-0.2, 0) is 32.8 Å². The highest BCUT2D eigenvalue weighted by Crippen LogP contribution is 2.46. The zero-order valence-corrected chi connectivity index (χ0v) is 29.2. The van der Waals surface area contributed by atoms with Crippen molar-refractivity contribution >= 4 is 38.2 Å². The average Bonchev–Trinajstić information content (AvgIpc) is 3.88. The Morgan fingerprint density at radius 3 is 2.34 bits per heavy atom. The van der Waals surface area contributed by atoms with Crippen LogP contribution in [0.5, 0.6) is 0 Å². The number of aromatic nitrogens is 1. The van der Waals surface area contributed by atoms with Gasteiger partial charge in [0.25, 0.3) is 5.91 Å². The highest BCUT2D eigenvalue weighted by molar-refractivity contribution is 7.90. The van der Waals surface area contributed by atoms with Gasteiger partial charge in [-0.25, -0.2) is 13.4 Å². The average molecular weight is 727 g/mol. The maximum Gasteiger partial charge on any atom is 0.416 e. The number of nitrogens with zero attached hydrogens (tertiary/aromatic N) is 3. The molecule has 0 atom stereocenters. The number of likely N-dealkylation sites (tertiary alicyclic amines) is 1. The van der Waals surface area contributed by atoms with Gasteiger partial charge in [-0.1, -0.05) is 54.1 Å². The summed E-state index contributed by atoms with van der Waals surface area (Å²) in [5.41, 5.74) is 0.719. The van der Waals surface area contributed by atoms with E-state index in [0.717, 1.165) is 49.9 Å². The third-order valence-electron chi connectivity index (χ3n) is 10.2. The molecular weight excluding hydrogens is 689 g/mol. The Bertz CT molecular complexity index is 2030. The molecule has 0 bridgehead atoms. The zero-order chi connectivity index (χ0) is 35.3. The predicted molar refractivity (Wildman–Crippen MR) is 186 cm³/mol. The number of fused-ring (bicyclic) bond motifs is 1. The number of carbonyl (C=O) groups excluding carboxylic acids is 1. The number of alkyl halides is 3. The molecule has 50 heavy (non-hydrogen) atoms. The van der Waals surface area contributed by atoms with Gasteiger partial charge in [0.1, 0.15) is 0 Å². The second kappa shape index (κ2) is 13.5. The summed E-state index contributed by atoms with van der Waals surface area (Å²) in [7, 11) is -3.81. The van der Waals surface area contributed by atoms with Crippen molar-refractivity contribution in [1.29, 1.82) is 0 Å². The minimum atomic E-state index is -4.60. The third-order valence-corrected chi connectivity index (χ3v) is 11.7. The van der Waals surface area contributed by atoms with Crippen LogP contribution in [0.15, 0.2) is 71.6 Å². The number of hydrogen-bond donors (Lipinski definition) is 1. The van der Waals surface area contributed by atoms with Gasteiger partial charge in [-0.05, 0) is 68.6 Å². The standard InChI is InChI=1S/C37H38ClF3N4O4S/c1-50(47,48)32-21-28-31(22-30(32)38)42-34(24-6-5-9-26(20-24)37(39,40)41)29(23-44-14-10-27(11-15-44)45-16-18-49-19-17-45)33(28)35(46)43-36(12-13-36)25-7-3-2-4-8-25/h2-9,20-22,27H,10-19,23H2,1H3,(H,43,46). The minimum Gasteiger partial charge on any atom is -0.379 e. The SMILES string of the molecule is CS(=O)(=O)c1cc2c(C(=O)NC3(c4ccccc4)CC3)c(CN3CCC(N4CCOCC4)CC3)c(-c3cccc(C(F)(F)F)c3)nc2cc1Cl. The molecule has 2 aliphatic heterocycles. The summed E-state index contributed by atoms with van der Waals surface area (Å²) < 4.78 is 73.2. The van der Waals surface area contributed by atoms with E-state index in [1.807, 2.05) is 30.3 Å². The van der Waals surface area contributed by atoms with Crippen molar-refractivity contribution in [2.45, 2.75) is 54.9 Å². The number of rotatable bonds is 8. The fraction of sp³-hybridized carbons (Fsp3) is 0.405. The van der Waals surface area contributed by atoms with Crippen LogP contribution >= 0.6 is 11.6 Å². The molecule has 13 heteroatoms. The lowest BCUT2D eigenvalue weighted by atomic mass is 9.93. The molecule has 264 valence electrons. The summed E-state index contributed by atoms with van der Waals surface area (Å²) in [6, 6.07) is 17.7. The monoisotopic (exact) mass is 726 g/mol. The fourth-order valence-electron chi connectivity index (χ4n) is 7.34. The van der Waals surface area contributed by atoms with E-state index in [9.17, 15) is 26.4 Å². The van der Waals surface area contributed by atoms with Crippen LogP contribution in [0.25, 0.3) is 22.2 Å². The topological polar surface area (TPSA) is 91.8 Å². The van der Waals surface area contributed by atoms with Gasteiger partial charge in [0.15, 0.2) is 9.84 Å². The number of nitrogens with one attached hydrogen (secondary N) is 1. The summed E-state index contributed by atoms with van der Waals surface area (Å²) >= 11 is 6.48. The molecule has 2 saturated heterocycles. The van der Waals surface area contributed by atoms with Gasteiger partial charge in [-0.2, -0.15) is 13.2 Å². The van der Waals surface area contributed by atoms with Gasteiger partial charge in [0.2, 0.25) is 0 Å². The van der Waals surface area contributed by atoms with Crippen LogP contribution in [0.2, 0.25) is 5.02 Å². The summed E-state index contributed by atoms with van der Waals surface area (Å²) in [5.74, 6) is -0.452. The van der Waals surface area contributed by atoms with Crippen LogP contribution in [0, 0.1) is 0 Å². The number of piperidine rings is 1. The summed E-state index contributed by atoms with van der Waals surface area (Å²) in [6.45, 7) is 4.77. The summed E-state index contributed by atoms with van der Waals surface area (Å²) in [6.07, 6.45) is -0.387. The molecule has 1 aliphatic carbocycles. The van der Waals surface area contributed by atoms with E-state index in [2.05, 4.69) is 15.1 Å². The number of carbonyl (C=O) groups is 1. The summed E-state index contributed by atoms with van der Waals surface area (Å²) in [5, 5.41) is 3.42. The van der Waals surface area contributed by atoms with Gasteiger partial charge in [-0.3, -0.25) is 14.6 Å². The van der Waals surface area contributed by atoms with Gasteiger partial charge in [0.05, 0.1) is 51.0 Å². The number of morpholine rings is 1. The first-order valence-corrected chi connectivity index (χ1v) is 19.1. The number of sulfone groups is 1. The molecule has 1 saturated carbocycles. The Morgan fingerprint density at radius 2 is 1.70 bits per heavy atom. The first kappa shape index (κ1) is 34.9. The second-order valence-electron chi connectivity index (χ2n) is 13.5. The second-order valence-corrected chi connectivity index (χ2v) is 15.9. The van der Waals surface area contributed by atoms with E-state index in [1.54, 1.807) is 6.07 Å². The Hall–Kier alpha value is -3.55. The lowest BCUT2D eigenvalue weighted by molar-refractivity contribution is -0.137. The van der Waals surface area contributed by atoms with Gasteiger partial charge in [-0.15, -0.1) is 0 Å². The van der Waals surface area contributed by atoms with Gasteiger partial charge < -0.3 is 10.1 Å². The Kier molecular flexibility index (Phi) is 9.44. The third kappa shape index (κ3) is 7.13. The number of pyridine rings is 1. The van der Waals surface area contributed by atoms with Crippen LogP contribution < -0.4 is 5.32 Å². The lowest BCUT2D eigenvalue weighted by Gasteiger charge is -2.40. The molecule has 3 heterocycles.